The van der Waals surface area contributed by atoms with Gasteiger partial charge in [-0.1, -0.05) is 35.9 Å². The molecule has 0 unspecified atom stereocenters. The summed E-state index contributed by atoms with van der Waals surface area (Å²) in [6.07, 6.45) is 1.54. The van der Waals surface area contributed by atoms with Gasteiger partial charge in [0.1, 0.15) is 11.9 Å². The minimum Gasteiger partial charge on any atom is -0.350 e. The van der Waals surface area contributed by atoms with Crippen LogP contribution in [0.15, 0.2) is 52.2 Å². The standard InChI is InChI=1S/C18H16ClN5O3/c1-11-6-7-14(24-18(27)23-15(25)10-21-24)22-16(11)17(26)20-9-8-12-4-2-3-5-13(12)19/h2-7,10H,8-9H2,1H3,(H,20,26)(H,23,25,27). The Hall–Kier alpha value is -3.26. The molecule has 0 radical (unpaired) electrons. The Balaban J connectivity index is 1.77. The van der Waals surface area contributed by atoms with Gasteiger partial charge in [-0.15, -0.1) is 0 Å². The van der Waals surface area contributed by atoms with Crippen LogP contribution in [-0.4, -0.2) is 32.2 Å². The molecule has 8 nitrogen and oxygen atoms in total. The van der Waals surface area contributed by atoms with Gasteiger partial charge in [0.2, 0.25) is 0 Å². The number of benzene rings is 1. The summed E-state index contributed by atoms with van der Waals surface area (Å²) in [7, 11) is 0. The van der Waals surface area contributed by atoms with E-state index in [1.807, 2.05) is 18.2 Å². The van der Waals surface area contributed by atoms with Crippen LogP contribution in [0.3, 0.4) is 0 Å². The van der Waals surface area contributed by atoms with E-state index >= 15 is 0 Å². The van der Waals surface area contributed by atoms with Gasteiger partial charge in [0, 0.05) is 11.6 Å². The molecule has 0 aliphatic rings. The highest BCUT2D eigenvalue weighted by Gasteiger charge is 2.14. The Morgan fingerprint density at radius 2 is 2.00 bits per heavy atom. The molecule has 1 aromatic carbocycles. The molecule has 2 aromatic heterocycles. The fourth-order valence-electron chi connectivity index (χ4n) is 2.48. The van der Waals surface area contributed by atoms with Crippen molar-refractivity contribution in [1.82, 2.24) is 25.1 Å². The molecule has 2 N–H and O–H groups in total. The van der Waals surface area contributed by atoms with E-state index in [0.717, 1.165) is 16.4 Å². The smallest absolute Gasteiger partial charge is 0.350 e. The van der Waals surface area contributed by atoms with E-state index < -0.39 is 11.2 Å². The number of halogens is 1. The van der Waals surface area contributed by atoms with Crippen molar-refractivity contribution >= 4 is 17.5 Å². The van der Waals surface area contributed by atoms with Gasteiger partial charge in [0.15, 0.2) is 5.82 Å². The minimum atomic E-state index is -0.732. The van der Waals surface area contributed by atoms with Crippen LogP contribution in [0.1, 0.15) is 21.6 Å². The SMILES string of the molecule is Cc1ccc(-n2ncc(=O)[nH]c2=O)nc1C(=O)NCCc1ccccc1Cl. The van der Waals surface area contributed by atoms with E-state index in [4.69, 9.17) is 11.6 Å². The second kappa shape index (κ2) is 7.96. The second-order valence-corrected chi connectivity index (χ2v) is 6.19. The highest BCUT2D eigenvalue weighted by Crippen LogP contribution is 2.15. The number of H-pyrrole nitrogens is 1. The maximum atomic E-state index is 12.5. The van der Waals surface area contributed by atoms with Crippen molar-refractivity contribution in [3.8, 4) is 5.82 Å². The molecule has 0 saturated carbocycles. The number of pyridine rings is 1. The van der Waals surface area contributed by atoms with E-state index in [0.29, 0.717) is 23.6 Å². The Labute approximate surface area is 158 Å². The third-order valence-electron chi connectivity index (χ3n) is 3.87. The summed E-state index contributed by atoms with van der Waals surface area (Å²) in [5, 5.41) is 7.18. The molecule has 0 atom stereocenters. The van der Waals surface area contributed by atoms with Crippen LogP contribution in [0.2, 0.25) is 5.02 Å². The third-order valence-corrected chi connectivity index (χ3v) is 4.23. The van der Waals surface area contributed by atoms with Crippen molar-refractivity contribution in [2.45, 2.75) is 13.3 Å². The molecule has 27 heavy (non-hydrogen) atoms. The molecule has 2 heterocycles. The summed E-state index contributed by atoms with van der Waals surface area (Å²) in [6.45, 7) is 2.12. The average Bonchev–Trinajstić information content (AvgIpc) is 2.64. The van der Waals surface area contributed by atoms with Crippen LogP contribution in [0.25, 0.3) is 5.82 Å². The summed E-state index contributed by atoms with van der Waals surface area (Å²) >= 11 is 6.11. The molecule has 0 aliphatic heterocycles. The first-order valence-electron chi connectivity index (χ1n) is 8.14. The van der Waals surface area contributed by atoms with E-state index in [1.54, 1.807) is 25.1 Å². The number of amides is 1. The number of nitrogens with zero attached hydrogens (tertiary/aromatic N) is 3. The van der Waals surface area contributed by atoms with E-state index in [2.05, 4.69) is 20.4 Å². The Morgan fingerprint density at radius 1 is 1.22 bits per heavy atom. The normalized spacial score (nSPS) is 10.6. The lowest BCUT2D eigenvalue weighted by Gasteiger charge is -2.10. The summed E-state index contributed by atoms with van der Waals surface area (Å²) in [6, 6.07) is 10.6. The highest BCUT2D eigenvalue weighted by atomic mass is 35.5. The Bertz CT molecular complexity index is 1110. The van der Waals surface area contributed by atoms with Gasteiger partial charge >= 0.3 is 5.69 Å². The maximum Gasteiger partial charge on any atom is 0.351 e. The molecule has 0 aliphatic carbocycles. The molecule has 1 amide bonds. The number of carbonyl (C=O) groups is 1. The lowest BCUT2D eigenvalue weighted by molar-refractivity contribution is 0.0948. The fourth-order valence-corrected chi connectivity index (χ4v) is 2.71. The molecular weight excluding hydrogens is 370 g/mol. The molecule has 9 heteroatoms. The Morgan fingerprint density at radius 3 is 2.74 bits per heavy atom. The van der Waals surface area contributed by atoms with E-state index in [-0.39, 0.29) is 17.4 Å². The highest BCUT2D eigenvalue weighted by molar-refractivity contribution is 6.31. The minimum absolute atomic E-state index is 0.137. The summed E-state index contributed by atoms with van der Waals surface area (Å²) < 4.78 is 0.918. The number of hydrogen-bond acceptors (Lipinski definition) is 5. The molecular formula is C18H16ClN5O3. The maximum absolute atomic E-state index is 12.5. The van der Waals surface area contributed by atoms with Crippen LogP contribution >= 0.6 is 11.6 Å². The van der Waals surface area contributed by atoms with Crippen LogP contribution in [0, 0.1) is 6.92 Å². The van der Waals surface area contributed by atoms with Crippen molar-refractivity contribution in [3.63, 3.8) is 0 Å². The number of hydrogen-bond donors (Lipinski definition) is 2. The fraction of sp³-hybridized carbons (Fsp3) is 0.167. The zero-order valence-corrected chi connectivity index (χ0v) is 15.2. The van der Waals surface area contributed by atoms with Gasteiger partial charge in [-0.2, -0.15) is 9.78 Å². The van der Waals surface area contributed by atoms with Crippen LogP contribution in [0.5, 0.6) is 0 Å². The first-order valence-corrected chi connectivity index (χ1v) is 8.52. The van der Waals surface area contributed by atoms with E-state index in [1.165, 1.54) is 0 Å². The van der Waals surface area contributed by atoms with Crippen LogP contribution in [0.4, 0.5) is 0 Å². The van der Waals surface area contributed by atoms with Crippen molar-refractivity contribution in [2.24, 2.45) is 0 Å². The predicted molar refractivity (Wildman–Crippen MR) is 100 cm³/mol. The number of rotatable bonds is 5. The van der Waals surface area contributed by atoms with Gasteiger partial charge in [-0.25, -0.2) is 9.78 Å². The molecule has 0 fully saturated rings. The van der Waals surface area contributed by atoms with Gasteiger partial charge in [-0.3, -0.25) is 14.6 Å². The zero-order chi connectivity index (χ0) is 19.4. The van der Waals surface area contributed by atoms with Gasteiger partial charge in [0.25, 0.3) is 11.5 Å². The third kappa shape index (κ3) is 4.29. The number of carbonyl (C=O) groups excluding carboxylic acids is 1. The second-order valence-electron chi connectivity index (χ2n) is 5.78. The lowest BCUT2D eigenvalue weighted by atomic mass is 10.1. The molecule has 138 valence electrons. The molecule has 0 saturated heterocycles. The number of aromatic amines is 1. The average molecular weight is 386 g/mol. The molecule has 0 spiro atoms. The predicted octanol–water partition coefficient (Wildman–Crippen LogP) is 1.25. The van der Waals surface area contributed by atoms with E-state index in [9.17, 15) is 14.4 Å². The number of aromatic nitrogens is 4. The molecule has 3 rings (SSSR count). The summed E-state index contributed by atoms with van der Waals surface area (Å²) in [5.74, 6) is -0.239. The lowest BCUT2D eigenvalue weighted by Crippen LogP contribution is -2.32. The van der Waals surface area contributed by atoms with Crippen molar-refractivity contribution in [2.75, 3.05) is 6.54 Å². The monoisotopic (exact) mass is 385 g/mol. The summed E-state index contributed by atoms with van der Waals surface area (Å²) in [5.41, 5.74) is 0.407. The molecule has 0 bridgehead atoms. The van der Waals surface area contributed by atoms with Crippen molar-refractivity contribution in [1.29, 1.82) is 0 Å². The van der Waals surface area contributed by atoms with Gasteiger partial charge in [-0.05, 0) is 36.6 Å². The number of nitrogens with one attached hydrogen (secondary N) is 2. The Kier molecular flexibility index (Phi) is 5.46. The quantitative estimate of drug-likeness (QED) is 0.686. The van der Waals surface area contributed by atoms with Gasteiger partial charge < -0.3 is 5.32 Å². The van der Waals surface area contributed by atoms with Crippen molar-refractivity contribution < 1.29 is 4.79 Å². The zero-order valence-electron chi connectivity index (χ0n) is 14.4. The largest absolute Gasteiger partial charge is 0.351 e. The van der Waals surface area contributed by atoms with Crippen LogP contribution < -0.4 is 16.6 Å². The van der Waals surface area contributed by atoms with Gasteiger partial charge in [0.05, 0.1) is 0 Å². The topological polar surface area (TPSA) is 110 Å². The number of aryl methyl sites for hydroxylation is 1. The molecule has 3 aromatic rings. The van der Waals surface area contributed by atoms with Crippen LogP contribution in [-0.2, 0) is 6.42 Å². The summed E-state index contributed by atoms with van der Waals surface area (Å²) in [4.78, 5) is 41.8. The first-order chi connectivity index (χ1) is 13.0. The van der Waals surface area contributed by atoms with Crippen molar-refractivity contribution in [3.05, 3.63) is 85.3 Å². The first kappa shape index (κ1) is 18.5.